The fourth-order valence-electron chi connectivity index (χ4n) is 6.76. The molecular weight excluding hydrogens is 644 g/mol. The van der Waals surface area contributed by atoms with Crippen molar-refractivity contribution in [3.05, 3.63) is 178 Å². The molecule has 0 N–H and O–H groups in total. The molecule has 0 saturated carbocycles. The Hall–Kier alpha value is -4.98. The van der Waals surface area contributed by atoms with Crippen molar-refractivity contribution in [1.82, 2.24) is 29.8 Å². The van der Waals surface area contributed by atoms with E-state index in [-0.39, 0.29) is 0 Å². The van der Waals surface area contributed by atoms with E-state index >= 15 is 0 Å². The van der Waals surface area contributed by atoms with Gasteiger partial charge in [-0.25, -0.2) is 9.67 Å². The molecule has 0 unspecified atom stereocenters. The van der Waals surface area contributed by atoms with E-state index in [1.807, 2.05) is 28.9 Å². The van der Waals surface area contributed by atoms with Gasteiger partial charge in [0.05, 0.1) is 5.69 Å². The Bertz CT molecular complexity index is 2030. The Balaban J connectivity index is 1.33. The lowest BCUT2D eigenvalue weighted by Gasteiger charge is -2.36. The second-order valence-electron chi connectivity index (χ2n) is 12.1. The third kappa shape index (κ3) is 6.20. The van der Waals surface area contributed by atoms with Gasteiger partial charge < -0.3 is 4.57 Å². The zero-order valence-electron chi connectivity index (χ0n) is 27.3. The first-order chi connectivity index (χ1) is 24.1. The van der Waals surface area contributed by atoms with Gasteiger partial charge in [-0.3, -0.25) is 0 Å². The number of benzene rings is 5. The number of tetrazole rings is 1. The van der Waals surface area contributed by atoms with Crippen LogP contribution in [0.15, 0.2) is 140 Å². The molecule has 0 aliphatic rings. The maximum atomic E-state index is 6.53. The van der Waals surface area contributed by atoms with Gasteiger partial charge in [0.25, 0.3) is 0 Å². The standard InChI is InChI=1S/C41H37ClN6S/c1-2-3-23-38-43-39(42)37(29-49)47(38)28-30-24-26-31(27-25-30)35-21-13-14-22-36(35)40-44-45-46-48(40)41(32-15-7-4-8-16-32,33-17-9-5-10-18-33)34-19-11-6-12-20-34/h4-22,24-27,49H,2-3,23,28-29H2,1H3. The molecule has 49 heavy (non-hydrogen) atoms. The van der Waals surface area contributed by atoms with Crippen molar-refractivity contribution in [1.29, 1.82) is 0 Å². The molecular formula is C41H37ClN6S. The molecule has 0 saturated heterocycles. The minimum atomic E-state index is -0.841. The van der Waals surface area contributed by atoms with Crippen LogP contribution >= 0.6 is 24.2 Å². The Morgan fingerprint density at radius 1 is 0.694 bits per heavy atom. The molecule has 0 bridgehead atoms. The zero-order valence-corrected chi connectivity index (χ0v) is 29.0. The smallest absolute Gasteiger partial charge is 0.184 e. The summed E-state index contributed by atoms with van der Waals surface area (Å²) in [5.41, 5.74) is 7.50. The molecule has 2 heterocycles. The van der Waals surface area contributed by atoms with E-state index in [9.17, 15) is 0 Å². The summed E-state index contributed by atoms with van der Waals surface area (Å²) in [4.78, 5) is 4.67. The van der Waals surface area contributed by atoms with Crippen molar-refractivity contribution in [2.75, 3.05) is 0 Å². The molecule has 0 spiro atoms. The molecule has 7 rings (SSSR count). The van der Waals surface area contributed by atoms with Gasteiger partial charge in [-0.2, -0.15) is 12.6 Å². The molecule has 8 heteroatoms. The molecule has 0 aliphatic carbocycles. The summed E-state index contributed by atoms with van der Waals surface area (Å²) in [6.07, 6.45) is 3.05. The van der Waals surface area contributed by atoms with Crippen LogP contribution in [0.3, 0.4) is 0 Å². The molecule has 0 aliphatic heterocycles. The fraction of sp³-hybridized carbons (Fsp3) is 0.171. The van der Waals surface area contributed by atoms with Crippen molar-refractivity contribution < 1.29 is 0 Å². The SMILES string of the molecule is CCCCc1nc(Cl)c(CS)n1Cc1ccc(-c2ccccc2-c2nnnn2C(c2ccccc2)(c2ccccc2)c2ccccc2)cc1. The van der Waals surface area contributed by atoms with E-state index in [0.29, 0.717) is 23.3 Å². The summed E-state index contributed by atoms with van der Waals surface area (Å²) in [5.74, 6) is 2.22. The summed E-state index contributed by atoms with van der Waals surface area (Å²) >= 11 is 11.1. The Morgan fingerprint density at radius 2 is 1.24 bits per heavy atom. The van der Waals surface area contributed by atoms with Gasteiger partial charge in [0.15, 0.2) is 11.0 Å². The molecule has 244 valence electrons. The number of aromatic nitrogens is 6. The van der Waals surface area contributed by atoms with Crippen molar-refractivity contribution in [2.45, 2.75) is 44.0 Å². The van der Waals surface area contributed by atoms with Crippen molar-refractivity contribution in [3.63, 3.8) is 0 Å². The molecule has 0 fully saturated rings. The second-order valence-corrected chi connectivity index (χ2v) is 12.8. The zero-order chi connectivity index (χ0) is 33.6. The highest BCUT2D eigenvalue weighted by Gasteiger charge is 2.42. The minimum absolute atomic E-state index is 0.536. The predicted molar refractivity (Wildman–Crippen MR) is 201 cm³/mol. The van der Waals surface area contributed by atoms with Gasteiger partial charge in [0, 0.05) is 24.3 Å². The average molecular weight is 681 g/mol. The summed E-state index contributed by atoms with van der Waals surface area (Å²) in [6, 6.07) is 48.5. The number of thiol groups is 1. The first-order valence-electron chi connectivity index (χ1n) is 16.6. The molecule has 7 aromatic rings. The Labute approximate surface area is 297 Å². The van der Waals surface area contributed by atoms with Crippen LogP contribution < -0.4 is 0 Å². The lowest BCUT2D eigenvalue weighted by Crippen LogP contribution is -2.39. The number of unbranched alkanes of at least 4 members (excludes halogenated alkanes) is 1. The Morgan fingerprint density at radius 3 is 1.80 bits per heavy atom. The van der Waals surface area contributed by atoms with Crippen LogP contribution in [-0.2, 0) is 24.3 Å². The fourth-order valence-corrected chi connectivity index (χ4v) is 7.44. The quantitative estimate of drug-likeness (QED) is 0.103. The number of hydrogen-bond acceptors (Lipinski definition) is 5. The maximum absolute atomic E-state index is 6.53. The maximum Gasteiger partial charge on any atom is 0.184 e. The monoisotopic (exact) mass is 680 g/mol. The number of nitrogens with zero attached hydrogens (tertiary/aromatic N) is 6. The first kappa shape index (κ1) is 32.6. The average Bonchev–Trinajstić information content (AvgIpc) is 3.77. The van der Waals surface area contributed by atoms with Crippen LogP contribution in [0.25, 0.3) is 22.5 Å². The molecule has 2 aromatic heterocycles. The lowest BCUT2D eigenvalue weighted by atomic mass is 9.77. The van der Waals surface area contributed by atoms with E-state index in [4.69, 9.17) is 21.9 Å². The topological polar surface area (TPSA) is 61.4 Å². The normalized spacial score (nSPS) is 11.6. The highest BCUT2D eigenvalue weighted by atomic mass is 35.5. The third-order valence-corrected chi connectivity index (χ3v) is 9.74. The van der Waals surface area contributed by atoms with Gasteiger partial charge in [0.2, 0.25) is 0 Å². The highest BCUT2D eigenvalue weighted by Crippen LogP contribution is 2.43. The summed E-state index contributed by atoms with van der Waals surface area (Å²) in [7, 11) is 0. The van der Waals surface area contributed by atoms with E-state index in [2.05, 4.69) is 150 Å². The number of aryl methyl sites for hydroxylation is 1. The van der Waals surface area contributed by atoms with Crippen molar-refractivity contribution >= 4 is 24.2 Å². The Kier molecular flexibility index (Phi) is 9.73. The van der Waals surface area contributed by atoms with Crippen molar-refractivity contribution in [3.8, 4) is 22.5 Å². The van der Waals surface area contributed by atoms with E-state index in [1.165, 1.54) is 0 Å². The first-order valence-corrected chi connectivity index (χ1v) is 17.6. The number of hydrogen-bond donors (Lipinski definition) is 1. The largest absolute Gasteiger partial charge is 0.325 e. The number of imidazole rings is 1. The second kappa shape index (κ2) is 14.6. The van der Waals surface area contributed by atoms with E-state index in [1.54, 1.807) is 0 Å². The molecule has 0 atom stereocenters. The molecule has 0 radical (unpaired) electrons. The molecule has 0 amide bonds. The van der Waals surface area contributed by atoms with Crippen LogP contribution in [-0.4, -0.2) is 29.8 Å². The molecule has 6 nitrogen and oxygen atoms in total. The van der Waals surface area contributed by atoms with Gasteiger partial charge in [0.1, 0.15) is 11.4 Å². The molecule has 5 aromatic carbocycles. The van der Waals surface area contributed by atoms with E-state index < -0.39 is 5.54 Å². The van der Waals surface area contributed by atoms with Crippen LogP contribution in [0.4, 0.5) is 0 Å². The van der Waals surface area contributed by atoms with Crippen LogP contribution in [0.5, 0.6) is 0 Å². The number of halogens is 1. The number of rotatable bonds is 12. The van der Waals surface area contributed by atoms with Gasteiger partial charge in [-0.1, -0.05) is 164 Å². The summed E-state index contributed by atoms with van der Waals surface area (Å²) in [5, 5.41) is 14.3. The highest BCUT2D eigenvalue weighted by molar-refractivity contribution is 7.79. The van der Waals surface area contributed by atoms with Gasteiger partial charge in [-0.15, -0.1) is 5.10 Å². The third-order valence-electron chi connectivity index (χ3n) is 9.14. The van der Waals surface area contributed by atoms with Crippen LogP contribution in [0.2, 0.25) is 5.15 Å². The minimum Gasteiger partial charge on any atom is -0.325 e. The van der Waals surface area contributed by atoms with Gasteiger partial charge >= 0.3 is 0 Å². The van der Waals surface area contributed by atoms with Crippen LogP contribution in [0, 0.1) is 0 Å². The van der Waals surface area contributed by atoms with E-state index in [0.717, 1.165) is 69.7 Å². The predicted octanol–water partition coefficient (Wildman–Crippen LogP) is 9.52. The summed E-state index contributed by atoms with van der Waals surface area (Å²) < 4.78 is 4.21. The van der Waals surface area contributed by atoms with Gasteiger partial charge in [-0.05, 0) is 50.2 Å². The van der Waals surface area contributed by atoms with Crippen LogP contribution in [0.1, 0.15) is 53.5 Å². The van der Waals surface area contributed by atoms with Crippen molar-refractivity contribution in [2.24, 2.45) is 0 Å². The lowest BCUT2D eigenvalue weighted by molar-refractivity contribution is 0.451. The summed E-state index contributed by atoms with van der Waals surface area (Å²) in [6.45, 7) is 2.87.